The van der Waals surface area contributed by atoms with Gasteiger partial charge >= 0.3 is 6.03 Å². The van der Waals surface area contributed by atoms with Crippen molar-refractivity contribution in [2.75, 3.05) is 16.8 Å². The van der Waals surface area contributed by atoms with Crippen LogP contribution in [0.5, 0.6) is 5.75 Å². The molecule has 4 aromatic rings. The third-order valence-electron chi connectivity index (χ3n) is 4.39. The molecule has 0 radical (unpaired) electrons. The van der Waals surface area contributed by atoms with E-state index < -0.39 is 0 Å². The molecule has 0 saturated heterocycles. The number of nitrogens with zero attached hydrogens (tertiary/aromatic N) is 4. The fraction of sp³-hybridized carbons (Fsp3) is 0.0909. The summed E-state index contributed by atoms with van der Waals surface area (Å²) in [7, 11) is 0. The highest BCUT2D eigenvalue weighted by molar-refractivity contribution is 6.30. The minimum absolute atomic E-state index is 0.00198. The molecule has 0 aliphatic carbocycles. The number of aromatic hydroxyl groups is 1. The minimum Gasteiger partial charge on any atom is -0.506 e. The van der Waals surface area contributed by atoms with E-state index >= 15 is 0 Å². The van der Waals surface area contributed by atoms with Crippen molar-refractivity contribution in [1.29, 1.82) is 0 Å². The average molecular weight is 435 g/mol. The van der Waals surface area contributed by atoms with Gasteiger partial charge in [-0.2, -0.15) is 0 Å². The predicted octanol–water partition coefficient (Wildman–Crippen LogP) is 5.00. The van der Waals surface area contributed by atoms with E-state index in [9.17, 15) is 9.90 Å². The molecule has 31 heavy (non-hydrogen) atoms. The highest BCUT2D eigenvalue weighted by Gasteiger charge is 2.18. The summed E-state index contributed by atoms with van der Waals surface area (Å²) in [6.45, 7) is 2.33. The van der Waals surface area contributed by atoms with Crippen molar-refractivity contribution in [3.63, 3.8) is 0 Å². The molecule has 2 aromatic carbocycles. The summed E-state index contributed by atoms with van der Waals surface area (Å²) in [6, 6.07) is 17.3. The molecule has 156 valence electrons. The largest absolute Gasteiger partial charge is 0.506 e. The van der Waals surface area contributed by atoms with Gasteiger partial charge in [0, 0.05) is 23.3 Å². The lowest BCUT2D eigenvalue weighted by Crippen LogP contribution is -2.28. The number of hydrogen-bond acceptors (Lipinski definition) is 6. The van der Waals surface area contributed by atoms with Crippen LogP contribution in [0.3, 0.4) is 0 Å². The smallest absolute Gasteiger partial charge is 0.320 e. The second kappa shape index (κ2) is 8.85. The molecule has 9 heteroatoms. The predicted molar refractivity (Wildman–Crippen MR) is 121 cm³/mol. The fourth-order valence-corrected chi connectivity index (χ4v) is 3.21. The van der Waals surface area contributed by atoms with Crippen LogP contribution < -0.4 is 15.5 Å². The maximum atomic E-state index is 11.8. The van der Waals surface area contributed by atoms with Gasteiger partial charge in [-0.3, -0.25) is 10.2 Å². The van der Waals surface area contributed by atoms with E-state index in [-0.39, 0.29) is 11.8 Å². The third-order valence-corrected chi connectivity index (χ3v) is 4.63. The number of benzene rings is 2. The Morgan fingerprint density at radius 2 is 1.90 bits per heavy atom. The molecule has 0 aliphatic heterocycles. The molecule has 0 atom stereocenters. The zero-order valence-corrected chi connectivity index (χ0v) is 17.3. The number of urea groups is 1. The SMILES string of the molecule is CCNC(=O)Nc1ccc2ncc(N(c3ccccc3)c3ccc(Cl)cc3O)nc2n1. The monoisotopic (exact) mass is 434 g/mol. The normalized spacial score (nSPS) is 10.6. The Morgan fingerprint density at radius 3 is 2.65 bits per heavy atom. The number of pyridine rings is 1. The van der Waals surface area contributed by atoms with Crippen LogP contribution >= 0.6 is 11.6 Å². The van der Waals surface area contributed by atoms with Crippen LogP contribution in [0.2, 0.25) is 5.02 Å². The van der Waals surface area contributed by atoms with E-state index in [1.165, 1.54) is 6.07 Å². The van der Waals surface area contributed by atoms with Gasteiger partial charge in [0.2, 0.25) is 0 Å². The highest BCUT2D eigenvalue weighted by Crippen LogP contribution is 2.39. The summed E-state index contributed by atoms with van der Waals surface area (Å²) < 4.78 is 0. The Kier molecular flexibility index (Phi) is 5.81. The standard InChI is InChI=1S/C22H19ClN6O2/c1-2-24-22(31)27-19-11-9-16-21(26-19)28-20(13-25-16)29(15-6-4-3-5-7-15)17-10-8-14(23)12-18(17)30/h3-13,30H,2H2,1H3,(H2,24,26,27,28,31). The number of carbonyl (C=O) groups is 1. The topological polar surface area (TPSA) is 103 Å². The molecule has 4 rings (SSSR count). The Balaban J connectivity index is 1.80. The van der Waals surface area contributed by atoms with E-state index in [0.29, 0.717) is 40.1 Å². The number of nitrogens with one attached hydrogen (secondary N) is 2. The van der Waals surface area contributed by atoms with Gasteiger partial charge < -0.3 is 10.4 Å². The molecule has 0 spiro atoms. The third kappa shape index (κ3) is 4.49. The quantitative estimate of drug-likeness (QED) is 0.408. The molecular weight excluding hydrogens is 416 g/mol. The first-order valence-electron chi connectivity index (χ1n) is 9.57. The number of phenolic OH excluding ortho intramolecular Hbond substituents is 1. The van der Waals surface area contributed by atoms with Crippen LogP contribution in [0.4, 0.5) is 27.8 Å². The molecule has 0 saturated carbocycles. The van der Waals surface area contributed by atoms with Gasteiger partial charge in [0.05, 0.1) is 11.9 Å². The molecule has 2 aromatic heterocycles. The number of phenols is 1. The van der Waals surface area contributed by atoms with Gasteiger partial charge in [0.1, 0.15) is 17.1 Å². The van der Waals surface area contributed by atoms with E-state index in [0.717, 1.165) is 5.69 Å². The molecule has 8 nitrogen and oxygen atoms in total. The van der Waals surface area contributed by atoms with Gasteiger partial charge in [-0.25, -0.2) is 19.7 Å². The van der Waals surface area contributed by atoms with E-state index in [2.05, 4.69) is 25.6 Å². The Morgan fingerprint density at radius 1 is 1.10 bits per heavy atom. The molecule has 0 unspecified atom stereocenters. The van der Waals surface area contributed by atoms with Crippen LogP contribution in [0.15, 0.2) is 66.9 Å². The first-order chi connectivity index (χ1) is 15.0. The summed E-state index contributed by atoms with van der Waals surface area (Å²) in [5.74, 6) is 0.794. The van der Waals surface area contributed by atoms with Crippen molar-refractivity contribution < 1.29 is 9.90 Å². The molecular formula is C22H19ClN6O2. The zero-order chi connectivity index (χ0) is 21.8. The maximum absolute atomic E-state index is 11.8. The molecule has 3 N–H and O–H groups in total. The lowest BCUT2D eigenvalue weighted by Gasteiger charge is -2.24. The number of carbonyl (C=O) groups excluding carboxylic acids is 1. The number of aromatic nitrogens is 3. The van der Waals surface area contributed by atoms with Crippen LogP contribution in [-0.4, -0.2) is 32.6 Å². The van der Waals surface area contributed by atoms with E-state index in [1.807, 2.05) is 37.3 Å². The number of para-hydroxylation sites is 1. The number of fused-ring (bicyclic) bond motifs is 1. The second-order valence-electron chi connectivity index (χ2n) is 6.56. The number of hydrogen-bond donors (Lipinski definition) is 3. The van der Waals surface area contributed by atoms with E-state index in [4.69, 9.17) is 11.6 Å². The Labute approximate surface area is 183 Å². The van der Waals surface area contributed by atoms with Crippen LogP contribution in [-0.2, 0) is 0 Å². The van der Waals surface area contributed by atoms with Crippen molar-refractivity contribution in [1.82, 2.24) is 20.3 Å². The highest BCUT2D eigenvalue weighted by atomic mass is 35.5. The first kappa shape index (κ1) is 20.4. The average Bonchev–Trinajstić information content (AvgIpc) is 2.76. The lowest BCUT2D eigenvalue weighted by molar-refractivity contribution is 0.252. The van der Waals surface area contributed by atoms with Crippen LogP contribution in [0, 0.1) is 0 Å². The van der Waals surface area contributed by atoms with Gasteiger partial charge in [-0.1, -0.05) is 29.8 Å². The summed E-state index contributed by atoms with van der Waals surface area (Å²) in [4.78, 5) is 27.1. The Bertz CT molecular complexity index is 1240. The Hall–Kier alpha value is -3.91. The minimum atomic E-state index is -0.351. The molecule has 2 amide bonds. The van der Waals surface area contributed by atoms with Crippen molar-refractivity contribution in [3.8, 4) is 5.75 Å². The van der Waals surface area contributed by atoms with Crippen molar-refractivity contribution in [2.45, 2.75) is 6.92 Å². The van der Waals surface area contributed by atoms with E-state index in [1.54, 1.807) is 35.4 Å². The zero-order valence-electron chi connectivity index (χ0n) is 16.6. The maximum Gasteiger partial charge on any atom is 0.320 e. The number of amides is 2. The van der Waals surface area contributed by atoms with Gasteiger partial charge in [0.25, 0.3) is 0 Å². The molecule has 0 fully saturated rings. The first-order valence-corrected chi connectivity index (χ1v) is 9.95. The fourth-order valence-electron chi connectivity index (χ4n) is 3.04. The second-order valence-corrected chi connectivity index (χ2v) is 6.99. The van der Waals surface area contributed by atoms with Crippen molar-refractivity contribution in [2.24, 2.45) is 0 Å². The van der Waals surface area contributed by atoms with Crippen molar-refractivity contribution in [3.05, 3.63) is 71.9 Å². The van der Waals surface area contributed by atoms with Crippen LogP contribution in [0.1, 0.15) is 6.92 Å². The molecule has 0 bridgehead atoms. The lowest BCUT2D eigenvalue weighted by atomic mass is 10.2. The van der Waals surface area contributed by atoms with Gasteiger partial charge in [0.15, 0.2) is 11.5 Å². The summed E-state index contributed by atoms with van der Waals surface area (Å²) in [5, 5.41) is 16.3. The van der Waals surface area contributed by atoms with Crippen LogP contribution in [0.25, 0.3) is 11.2 Å². The number of anilines is 4. The molecule has 0 aliphatic rings. The van der Waals surface area contributed by atoms with Crippen molar-refractivity contribution >= 4 is 51.8 Å². The number of rotatable bonds is 5. The summed E-state index contributed by atoms with van der Waals surface area (Å²) in [6.07, 6.45) is 1.60. The summed E-state index contributed by atoms with van der Waals surface area (Å²) in [5.41, 5.74) is 2.17. The van der Waals surface area contributed by atoms with Gasteiger partial charge in [-0.15, -0.1) is 0 Å². The molecule has 2 heterocycles. The number of halogens is 1. The summed E-state index contributed by atoms with van der Waals surface area (Å²) >= 11 is 6.02. The van der Waals surface area contributed by atoms with Gasteiger partial charge in [-0.05, 0) is 43.3 Å².